The van der Waals surface area contributed by atoms with Gasteiger partial charge in [0.25, 0.3) is 0 Å². The highest BCUT2D eigenvalue weighted by Crippen LogP contribution is 2.24. The molecular formula is C9H12N2O3. The summed E-state index contributed by atoms with van der Waals surface area (Å²) < 4.78 is 0. The molecule has 1 N–H and O–H groups in total. The van der Waals surface area contributed by atoms with Crippen molar-refractivity contribution in [1.82, 2.24) is 4.90 Å². The van der Waals surface area contributed by atoms with Gasteiger partial charge in [-0.1, -0.05) is 6.92 Å². The predicted molar refractivity (Wildman–Crippen MR) is 47.5 cm³/mol. The molecule has 0 aromatic heterocycles. The number of Topliss-reactive ketones (excluding diaryl/α,β-unsaturated/α-hetero) is 1. The Labute approximate surface area is 81.9 Å². The van der Waals surface area contributed by atoms with Gasteiger partial charge in [0.15, 0.2) is 5.78 Å². The summed E-state index contributed by atoms with van der Waals surface area (Å²) in [5.74, 6) is -0.0991. The molecule has 0 aromatic rings. The Bertz CT molecular complexity index is 295. The number of hydrogen-bond acceptors (Lipinski definition) is 3. The van der Waals surface area contributed by atoms with Gasteiger partial charge in [-0.3, -0.25) is 9.69 Å². The normalized spacial score (nSPS) is 25.9. The molecule has 1 aliphatic rings. The lowest BCUT2D eigenvalue weighted by Gasteiger charge is -2.18. The van der Waals surface area contributed by atoms with Crippen molar-refractivity contribution in [2.24, 2.45) is 5.92 Å². The van der Waals surface area contributed by atoms with Gasteiger partial charge in [0.05, 0.1) is 18.5 Å². The number of ketones is 1. The highest BCUT2D eigenvalue weighted by molar-refractivity contribution is 5.89. The van der Waals surface area contributed by atoms with E-state index in [9.17, 15) is 9.59 Å². The molecule has 0 radical (unpaired) electrons. The Hall–Kier alpha value is -1.57. The smallest absolute Gasteiger partial charge is 0.407 e. The van der Waals surface area contributed by atoms with Crippen LogP contribution in [0, 0.1) is 17.2 Å². The van der Waals surface area contributed by atoms with Gasteiger partial charge < -0.3 is 5.11 Å². The second-order valence-electron chi connectivity index (χ2n) is 3.59. The summed E-state index contributed by atoms with van der Waals surface area (Å²) in [7, 11) is 0. The Kier molecular flexibility index (Phi) is 3.07. The summed E-state index contributed by atoms with van der Waals surface area (Å²) in [5.41, 5.74) is 0. The average molecular weight is 196 g/mol. The third kappa shape index (κ3) is 2.02. The maximum atomic E-state index is 11.4. The van der Waals surface area contributed by atoms with Crippen molar-refractivity contribution in [2.45, 2.75) is 25.8 Å². The number of nitrogens with zero attached hydrogens (tertiary/aromatic N) is 2. The Morgan fingerprint density at radius 2 is 2.29 bits per heavy atom. The molecule has 14 heavy (non-hydrogen) atoms. The number of amides is 1. The second-order valence-corrected chi connectivity index (χ2v) is 3.59. The number of hydrogen-bond donors (Lipinski definition) is 1. The number of carbonyl (C=O) groups is 2. The molecular weight excluding hydrogens is 184 g/mol. The lowest BCUT2D eigenvalue weighted by atomic mass is 10.0. The summed E-state index contributed by atoms with van der Waals surface area (Å²) in [6.45, 7) is 2.28. The molecule has 5 heteroatoms. The van der Waals surface area contributed by atoms with Crippen molar-refractivity contribution in [2.75, 3.05) is 6.54 Å². The largest absolute Gasteiger partial charge is 0.465 e. The van der Waals surface area contributed by atoms with E-state index in [4.69, 9.17) is 10.4 Å². The van der Waals surface area contributed by atoms with Crippen molar-refractivity contribution >= 4 is 11.9 Å². The number of carboxylic acid groups (broad SMARTS) is 1. The zero-order chi connectivity index (χ0) is 10.7. The van der Waals surface area contributed by atoms with E-state index in [1.54, 1.807) is 6.07 Å². The quantitative estimate of drug-likeness (QED) is 0.710. The van der Waals surface area contributed by atoms with Gasteiger partial charge in [0.2, 0.25) is 0 Å². The van der Waals surface area contributed by atoms with E-state index >= 15 is 0 Å². The Morgan fingerprint density at radius 1 is 1.64 bits per heavy atom. The monoisotopic (exact) mass is 196 g/mol. The minimum atomic E-state index is -1.08. The van der Waals surface area contributed by atoms with Gasteiger partial charge in [-0.05, 0) is 12.3 Å². The van der Waals surface area contributed by atoms with Gasteiger partial charge in [-0.15, -0.1) is 0 Å². The second kappa shape index (κ2) is 4.09. The van der Waals surface area contributed by atoms with Crippen LogP contribution < -0.4 is 0 Å². The van der Waals surface area contributed by atoms with Crippen LogP contribution in [0.3, 0.4) is 0 Å². The van der Waals surface area contributed by atoms with Crippen LogP contribution in [-0.4, -0.2) is 34.5 Å². The zero-order valence-electron chi connectivity index (χ0n) is 7.93. The number of rotatable bonds is 2. The topological polar surface area (TPSA) is 81.4 Å². The minimum absolute atomic E-state index is 0.193. The first-order chi connectivity index (χ1) is 6.56. The van der Waals surface area contributed by atoms with Crippen molar-refractivity contribution in [1.29, 1.82) is 5.26 Å². The van der Waals surface area contributed by atoms with Crippen molar-refractivity contribution < 1.29 is 14.7 Å². The van der Waals surface area contributed by atoms with Crippen molar-refractivity contribution in [3.8, 4) is 6.07 Å². The molecule has 1 amide bonds. The third-order valence-electron chi connectivity index (χ3n) is 2.38. The summed E-state index contributed by atoms with van der Waals surface area (Å²) in [5, 5.41) is 17.2. The van der Waals surface area contributed by atoms with Crippen LogP contribution in [-0.2, 0) is 4.79 Å². The predicted octanol–water partition coefficient (Wildman–Crippen LogP) is 0.858. The molecule has 1 saturated heterocycles. The van der Waals surface area contributed by atoms with Crippen LogP contribution in [0.4, 0.5) is 4.79 Å². The SMILES string of the molecule is CC1C[C@@H](C(=O)CC#N)N(C(=O)O)C1. The van der Waals surface area contributed by atoms with E-state index in [0.717, 1.165) is 4.90 Å². The molecule has 5 nitrogen and oxygen atoms in total. The van der Waals surface area contributed by atoms with Crippen LogP contribution in [0.5, 0.6) is 0 Å². The van der Waals surface area contributed by atoms with Gasteiger partial charge >= 0.3 is 6.09 Å². The first kappa shape index (κ1) is 10.5. The molecule has 1 aliphatic heterocycles. The fraction of sp³-hybridized carbons (Fsp3) is 0.667. The van der Waals surface area contributed by atoms with Crippen LogP contribution in [0.25, 0.3) is 0 Å². The number of nitriles is 1. The minimum Gasteiger partial charge on any atom is -0.465 e. The standard InChI is InChI=1S/C9H12N2O3/c1-6-4-7(8(12)2-3-10)11(5-6)9(13)14/h6-7H,2,4-5H2,1H3,(H,13,14)/t6?,7-/m0/s1. The van der Waals surface area contributed by atoms with Crippen LogP contribution in [0.15, 0.2) is 0 Å². The highest BCUT2D eigenvalue weighted by Gasteiger charge is 2.37. The maximum Gasteiger partial charge on any atom is 0.407 e. The molecule has 0 bridgehead atoms. The molecule has 0 spiro atoms. The fourth-order valence-electron chi connectivity index (χ4n) is 1.76. The van der Waals surface area contributed by atoms with Crippen LogP contribution in [0.1, 0.15) is 19.8 Å². The molecule has 0 aliphatic carbocycles. The van der Waals surface area contributed by atoms with E-state index in [-0.39, 0.29) is 18.1 Å². The van der Waals surface area contributed by atoms with E-state index in [0.29, 0.717) is 13.0 Å². The average Bonchev–Trinajstić information content (AvgIpc) is 2.48. The molecule has 1 rings (SSSR count). The molecule has 76 valence electrons. The number of likely N-dealkylation sites (tertiary alicyclic amines) is 1. The Morgan fingerprint density at radius 3 is 2.79 bits per heavy atom. The lowest BCUT2D eigenvalue weighted by molar-refractivity contribution is -0.121. The molecule has 1 fully saturated rings. The van der Waals surface area contributed by atoms with E-state index < -0.39 is 12.1 Å². The molecule has 0 aromatic carbocycles. The summed E-state index contributed by atoms with van der Waals surface area (Å²) >= 11 is 0. The molecule has 1 unspecified atom stereocenters. The molecule has 2 atom stereocenters. The van der Waals surface area contributed by atoms with Gasteiger partial charge in [0, 0.05) is 6.54 Å². The first-order valence-electron chi connectivity index (χ1n) is 4.45. The summed E-state index contributed by atoms with van der Waals surface area (Å²) in [6, 6.07) is 1.14. The fourth-order valence-corrected chi connectivity index (χ4v) is 1.76. The van der Waals surface area contributed by atoms with Crippen molar-refractivity contribution in [3.05, 3.63) is 0 Å². The van der Waals surface area contributed by atoms with Gasteiger partial charge in [-0.2, -0.15) is 5.26 Å². The first-order valence-corrected chi connectivity index (χ1v) is 4.45. The zero-order valence-corrected chi connectivity index (χ0v) is 7.93. The third-order valence-corrected chi connectivity index (χ3v) is 2.38. The highest BCUT2D eigenvalue weighted by atomic mass is 16.4. The maximum absolute atomic E-state index is 11.4. The Balaban J connectivity index is 2.72. The summed E-state index contributed by atoms with van der Waals surface area (Å²) in [4.78, 5) is 23.3. The van der Waals surface area contributed by atoms with E-state index in [1.807, 2.05) is 6.92 Å². The molecule has 0 saturated carbocycles. The lowest BCUT2D eigenvalue weighted by Crippen LogP contribution is -2.39. The van der Waals surface area contributed by atoms with Gasteiger partial charge in [-0.25, -0.2) is 4.79 Å². The van der Waals surface area contributed by atoms with Crippen LogP contribution >= 0.6 is 0 Å². The van der Waals surface area contributed by atoms with Crippen molar-refractivity contribution in [3.63, 3.8) is 0 Å². The summed E-state index contributed by atoms with van der Waals surface area (Å²) in [6.07, 6.45) is -0.751. The van der Waals surface area contributed by atoms with E-state index in [2.05, 4.69) is 0 Å². The number of carbonyl (C=O) groups excluding carboxylic acids is 1. The van der Waals surface area contributed by atoms with Crippen LogP contribution in [0.2, 0.25) is 0 Å². The molecule has 1 heterocycles. The van der Waals surface area contributed by atoms with E-state index in [1.165, 1.54) is 0 Å². The van der Waals surface area contributed by atoms with Gasteiger partial charge in [0.1, 0.15) is 0 Å².